The minimum Gasteiger partial charge on any atom is -0.475 e. The van der Waals surface area contributed by atoms with Crippen molar-refractivity contribution in [1.82, 2.24) is 10.2 Å². The maximum absolute atomic E-state index is 12.5. The maximum Gasteiger partial charge on any atom is 0.490 e. The molecule has 2 aliphatic heterocycles. The van der Waals surface area contributed by atoms with Crippen LogP contribution < -0.4 is 10.2 Å². The van der Waals surface area contributed by atoms with Gasteiger partial charge in [0, 0.05) is 31.9 Å². The second kappa shape index (κ2) is 7.14. The number of aryl methyl sites for hydroxylation is 2. The highest BCUT2D eigenvalue weighted by molar-refractivity contribution is 5.95. The minimum atomic E-state index is -5.08. The van der Waals surface area contributed by atoms with Crippen LogP contribution in [0.3, 0.4) is 0 Å². The van der Waals surface area contributed by atoms with Crippen LogP contribution in [-0.2, 0) is 17.6 Å². The molecule has 3 aliphatic rings. The molecule has 9 heteroatoms. The highest BCUT2D eigenvalue weighted by atomic mass is 19.4. The number of hydrogen-bond donors (Lipinski definition) is 2. The van der Waals surface area contributed by atoms with Gasteiger partial charge in [0.15, 0.2) is 0 Å². The Balaban J connectivity index is 0.000000242. The Hall–Kier alpha value is -2.29. The number of aliphatic carboxylic acids is 1. The normalized spacial score (nSPS) is 21.8. The highest BCUT2D eigenvalue weighted by Crippen LogP contribution is 2.30. The Morgan fingerprint density at radius 1 is 1.23 bits per heavy atom. The lowest BCUT2D eigenvalue weighted by Crippen LogP contribution is -2.49. The van der Waals surface area contributed by atoms with Crippen LogP contribution in [-0.4, -0.2) is 60.4 Å². The first-order chi connectivity index (χ1) is 12.3. The van der Waals surface area contributed by atoms with Gasteiger partial charge >= 0.3 is 18.2 Å². The number of carbonyl (C=O) groups excluding carboxylic acids is 1. The number of urea groups is 1. The molecule has 2 saturated heterocycles. The van der Waals surface area contributed by atoms with E-state index in [1.807, 2.05) is 9.80 Å². The Morgan fingerprint density at radius 3 is 2.58 bits per heavy atom. The summed E-state index contributed by atoms with van der Waals surface area (Å²) in [6.07, 6.45) is -1.46. The van der Waals surface area contributed by atoms with Crippen molar-refractivity contribution in [2.24, 2.45) is 0 Å². The monoisotopic (exact) mass is 371 g/mol. The first-order valence-corrected chi connectivity index (χ1v) is 8.48. The van der Waals surface area contributed by atoms with Crippen LogP contribution >= 0.6 is 0 Å². The van der Waals surface area contributed by atoms with Crippen molar-refractivity contribution in [1.29, 1.82) is 0 Å². The molecule has 1 aliphatic carbocycles. The number of rotatable bonds is 1. The topological polar surface area (TPSA) is 72.9 Å². The van der Waals surface area contributed by atoms with Crippen LogP contribution in [0, 0.1) is 0 Å². The first kappa shape index (κ1) is 18.5. The van der Waals surface area contributed by atoms with Gasteiger partial charge in [-0.15, -0.1) is 0 Å². The number of fused-ring (bicyclic) bond motifs is 2. The molecule has 0 spiro atoms. The summed E-state index contributed by atoms with van der Waals surface area (Å²) in [6, 6.07) is 7.08. The molecule has 0 aromatic heterocycles. The number of piperazine rings is 1. The van der Waals surface area contributed by atoms with Crippen molar-refractivity contribution < 1.29 is 27.9 Å². The van der Waals surface area contributed by atoms with Gasteiger partial charge in [0.05, 0.1) is 6.04 Å². The zero-order valence-corrected chi connectivity index (χ0v) is 14.1. The fraction of sp³-hybridized carbons (Fsp3) is 0.529. The standard InChI is InChI=1S/C15H19N3O.C2HF3O2/c19-15-17-7-6-16-9-14(17)10-18(15)13-5-4-11-2-1-3-12(11)8-13;3-2(4,5)1(6)7/h4-5,8,14,16H,1-3,6-7,9-10H2;(H,6,7). The fourth-order valence-electron chi connectivity index (χ4n) is 3.56. The highest BCUT2D eigenvalue weighted by Gasteiger charge is 2.39. The lowest BCUT2D eigenvalue weighted by molar-refractivity contribution is -0.192. The number of carboxylic acids is 1. The van der Waals surface area contributed by atoms with Crippen LogP contribution in [0.15, 0.2) is 18.2 Å². The lowest BCUT2D eigenvalue weighted by Gasteiger charge is -2.28. The van der Waals surface area contributed by atoms with E-state index < -0.39 is 12.1 Å². The zero-order chi connectivity index (χ0) is 18.9. The second-order valence-electron chi connectivity index (χ2n) is 6.55. The van der Waals surface area contributed by atoms with E-state index in [9.17, 15) is 18.0 Å². The molecule has 2 amide bonds. The van der Waals surface area contributed by atoms with Crippen molar-refractivity contribution in [2.45, 2.75) is 31.5 Å². The van der Waals surface area contributed by atoms with Crippen LogP contribution in [0.25, 0.3) is 0 Å². The molecule has 142 valence electrons. The number of nitrogens with one attached hydrogen (secondary N) is 1. The lowest BCUT2D eigenvalue weighted by atomic mass is 10.1. The molecule has 0 bridgehead atoms. The molecule has 6 nitrogen and oxygen atoms in total. The fourth-order valence-corrected chi connectivity index (χ4v) is 3.56. The predicted octanol–water partition coefficient (Wildman–Crippen LogP) is 2.02. The van der Waals surface area contributed by atoms with Gasteiger partial charge in [0.1, 0.15) is 0 Å². The van der Waals surface area contributed by atoms with Gasteiger partial charge < -0.3 is 15.3 Å². The van der Waals surface area contributed by atoms with Gasteiger partial charge in [-0.05, 0) is 42.5 Å². The number of alkyl halides is 3. The van der Waals surface area contributed by atoms with E-state index in [0.29, 0.717) is 6.04 Å². The molecule has 2 heterocycles. The van der Waals surface area contributed by atoms with E-state index in [0.717, 1.165) is 31.9 Å². The third-order valence-corrected chi connectivity index (χ3v) is 4.86. The van der Waals surface area contributed by atoms with E-state index in [1.54, 1.807) is 0 Å². The molecule has 1 aromatic rings. The smallest absolute Gasteiger partial charge is 0.475 e. The summed E-state index contributed by atoms with van der Waals surface area (Å²) in [5.74, 6) is -2.76. The zero-order valence-electron chi connectivity index (χ0n) is 14.1. The number of benzene rings is 1. The average Bonchev–Trinajstić information content (AvgIpc) is 3.19. The van der Waals surface area contributed by atoms with Gasteiger partial charge in [-0.2, -0.15) is 13.2 Å². The quantitative estimate of drug-likeness (QED) is 0.792. The molecular weight excluding hydrogens is 351 g/mol. The Morgan fingerprint density at radius 2 is 1.92 bits per heavy atom. The summed E-state index contributed by atoms with van der Waals surface area (Å²) in [4.78, 5) is 25.3. The molecule has 2 fully saturated rings. The first-order valence-electron chi connectivity index (χ1n) is 8.48. The van der Waals surface area contributed by atoms with Gasteiger partial charge in [-0.1, -0.05) is 6.07 Å². The Labute approximate surface area is 148 Å². The summed E-state index contributed by atoms with van der Waals surface area (Å²) in [6.45, 7) is 3.50. The van der Waals surface area contributed by atoms with Crippen molar-refractivity contribution in [3.8, 4) is 0 Å². The molecule has 2 N–H and O–H groups in total. The molecule has 1 aromatic carbocycles. The van der Waals surface area contributed by atoms with E-state index in [-0.39, 0.29) is 6.03 Å². The van der Waals surface area contributed by atoms with Gasteiger partial charge in [0.25, 0.3) is 0 Å². The third-order valence-electron chi connectivity index (χ3n) is 4.86. The number of hydrogen-bond acceptors (Lipinski definition) is 3. The summed E-state index contributed by atoms with van der Waals surface area (Å²) in [5, 5.41) is 10.5. The van der Waals surface area contributed by atoms with Gasteiger partial charge in [-0.25, -0.2) is 9.59 Å². The van der Waals surface area contributed by atoms with E-state index in [1.165, 1.54) is 30.4 Å². The van der Waals surface area contributed by atoms with Crippen molar-refractivity contribution in [3.63, 3.8) is 0 Å². The number of amides is 2. The third kappa shape index (κ3) is 3.77. The largest absolute Gasteiger partial charge is 0.490 e. The molecule has 1 atom stereocenters. The van der Waals surface area contributed by atoms with Gasteiger partial charge in [-0.3, -0.25) is 4.90 Å². The van der Waals surface area contributed by atoms with Crippen LogP contribution in [0.4, 0.5) is 23.7 Å². The number of carbonyl (C=O) groups is 2. The molecule has 4 rings (SSSR count). The molecule has 0 radical (unpaired) electrons. The van der Waals surface area contributed by atoms with Crippen molar-refractivity contribution in [2.75, 3.05) is 31.1 Å². The van der Waals surface area contributed by atoms with E-state index in [2.05, 4.69) is 23.5 Å². The maximum atomic E-state index is 12.5. The second-order valence-corrected chi connectivity index (χ2v) is 6.55. The average molecular weight is 371 g/mol. The van der Waals surface area contributed by atoms with Crippen molar-refractivity contribution in [3.05, 3.63) is 29.3 Å². The Bertz CT molecular complexity index is 708. The summed E-state index contributed by atoms with van der Waals surface area (Å²) < 4.78 is 31.7. The van der Waals surface area contributed by atoms with E-state index in [4.69, 9.17) is 9.90 Å². The molecule has 1 unspecified atom stereocenters. The molecular formula is C17H20F3N3O3. The SMILES string of the molecule is O=C(O)C(F)(F)F.O=C1N(c2ccc3c(c2)CCC3)CC2CNCCN12. The molecule has 26 heavy (non-hydrogen) atoms. The van der Waals surface area contributed by atoms with E-state index >= 15 is 0 Å². The summed E-state index contributed by atoms with van der Waals surface area (Å²) >= 11 is 0. The minimum absolute atomic E-state index is 0.185. The summed E-state index contributed by atoms with van der Waals surface area (Å²) in [7, 11) is 0. The number of carboxylic acid groups (broad SMARTS) is 1. The predicted molar refractivity (Wildman–Crippen MR) is 88.3 cm³/mol. The molecule has 0 saturated carbocycles. The number of halogens is 3. The Kier molecular flexibility index (Phi) is 5.08. The van der Waals surface area contributed by atoms with Crippen LogP contribution in [0.1, 0.15) is 17.5 Å². The summed E-state index contributed by atoms with van der Waals surface area (Å²) in [5.41, 5.74) is 3.99. The number of anilines is 1. The van der Waals surface area contributed by atoms with Gasteiger partial charge in [0.2, 0.25) is 0 Å². The van der Waals surface area contributed by atoms with Crippen LogP contribution in [0.5, 0.6) is 0 Å². The van der Waals surface area contributed by atoms with Crippen LogP contribution in [0.2, 0.25) is 0 Å². The van der Waals surface area contributed by atoms with Crippen molar-refractivity contribution >= 4 is 17.7 Å². The number of nitrogens with zero attached hydrogens (tertiary/aromatic N) is 2.